The fourth-order valence-electron chi connectivity index (χ4n) is 1.84. The Balaban J connectivity index is 2.47. The van der Waals surface area contributed by atoms with Gasteiger partial charge in [-0.3, -0.25) is 0 Å². The molecule has 2 nitrogen and oxygen atoms in total. The molecular formula is C14H13ClINO. The molecule has 0 amide bonds. The highest BCUT2D eigenvalue weighted by Gasteiger charge is 2.16. The van der Waals surface area contributed by atoms with Gasteiger partial charge in [0.05, 0.1) is 13.2 Å². The van der Waals surface area contributed by atoms with Crippen molar-refractivity contribution in [3.05, 3.63) is 62.2 Å². The normalized spacial score (nSPS) is 12.2. The van der Waals surface area contributed by atoms with Crippen LogP contribution in [0.2, 0.25) is 5.02 Å². The predicted molar refractivity (Wildman–Crippen MR) is 83.2 cm³/mol. The van der Waals surface area contributed by atoms with Crippen LogP contribution in [0.15, 0.2) is 42.5 Å². The molecule has 0 fully saturated rings. The first kappa shape index (κ1) is 13.6. The summed E-state index contributed by atoms with van der Waals surface area (Å²) in [5.74, 6) is 0.792. The summed E-state index contributed by atoms with van der Waals surface area (Å²) in [7, 11) is 1.65. The molecule has 2 rings (SSSR count). The van der Waals surface area contributed by atoms with Gasteiger partial charge in [0, 0.05) is 14.2 Å². The highest BCUT2D eigenvalue weighted by Crippen LogP contribution is 2.31. The van der Waals surface area contributed by atoms with Gasteiger partial charge < -0.3 is 10.5 Å². The Labute approximate surface area is 125 Å². The number of halogens is 2. The molecule has 4 heteroatoms. The molecule has 1 atom stereocenters. The van der Waals surface area contributed by atoms with Gasteiger partial charge in [-0.1, -0.05) is 29.8 Å². The third-order valence-electron chi connectivity index (χ3n) is 2.77. The van der Waals surface area contributed by atoms with Crippen molar-refractivity contribution in [2.75, 3.05) is 7.11 Å². The van der Waals surface area contributed by atoms with Crippen molar-refractivity contribution in [3.8, 4) is 5.75 Å². The number of benzene rings is 2. The molecule has 0 aliphatic carbocycles. The van der Waals surface area contributed by atoms with Crippen molar-refractivity contribution >= 4 is 34.2 Å². The molecule has 0 radical (unpaired) electrons. The summed E-state index contributed by atoms with van der Waals surface area (Å²) in [5.41, 5.74) is 8.28. The second-order valence-corrected chi connectivity index (χ2v) is 5.48. The molecular weight excluding hydrogens is 361 g/mol. The Morgan fingerprint density at radius 3 is 2.61 bits per heavy atom. The van der Waals surface area contributed by atoms with Gasteiger partial charge in [-0.2, -0.15) is 0 Å². The molecule has 1 unspecified atom stereocenters. The highest BCUT2D eigenvalue weighted by molar-refractivity contribution is 14.1. The van der Waals surface area contributed by atoms with Crippen molar-refractivity contribution in [2.45, 2.75) is 6.04 Å². The number of methoxy groups -OCH3 is 1. The lowest BCUT2D eigenvalue weighted by atomic mass is 9.99. The maximum atomic E-state index is 6.32. The van der Waals surface area contributed by atoms with Crippen LogP contribution in [0, 0.1) is 3.57 Å². The van der Waals surface area contributed by atoms with E-state index in [1.807, 2.05) is 42.5 Å². The quantitative estimate of drug-likeness (QED) is 0.825. The SMILES string of the molecule is COc1ccccc1C(N)c1cc(Cl)ccc1I. The second kappa shape index (κ2) is 5.91. The fraction of sp³-hybridized carbons (Fsp3) is 0.143. The lowest BCUT2D eigenvalue weighted by Crippen LogP contribution is -2.14. The summed E-state index contributed by atoms with van der Waals surface area (Å²) in [5, 5.41) is 0.691. The van der Waals surface area contributed by atoms with Gasteiger partial charge in [-0.05, 0) is 52.4 Å². The van der Waals surface area contributed by atoms with Crippen LogP contribution < -0.4 is 10.5 Å². The van der Waals surface area contributed by atoms with E-state index >= 15 is 0 Å². The van der Waals surface area contributed by atoms with E-state index in [0.29, 0.717) is 5.02 Å². The van der Waals surface area contributed by atoms with E-state index in [4.69, 9.17) is 22.1 Å². The molecule has 0 aliphatic rings. The summed E-state index contributed by atoms with van der Waals surface area (Å²) in [6.45, 7) is 0. The van der Waals surface area contributed by atoms with Crippen molar-refractivity contribution in [2.24, 2.45) is 5.73 Å². The van der Waals surface area contributed by atoms with Crippen LogP contribution in [0.5, 0.6) is 5.75 Å². The van der Waals surface area contributed by atoms with Gasteiger partial charge >= 0.3 is 0 Å². The first-order valence-electron chi connectivity index (χ1n) is 5.47. The van der Waals surface area contributed by atoms with E-state index in [0.717, 1.165) is 20.4 Å². The molecule has 0 spiro atoms. The molecule has 2 aromatic rings. The van der Waals surface area contributed by atoms with Crippen molar-refractivity contribution in [1.29, 1.82) is 0 Å². The molecule has 0 heterocycles. The van der Waals surface area contributed by atoms with Crippen molar-refractivity contribution in [1.82, 2.24) is 0 Å². The minimum Gasteiger partial charge on any atom is -0.496 e. The predicted octanol–water partition coefficient (Wildman–Crippen LogP) is 4.00. The highest BCUT2D eigenvalue weighted by atomic mass is 127. The molecule has 94 valence electrons. The van der Waals surface area contributed by atoms with Gasteiger partial charge in [0.15, 0.2) is 0 Å². The Morgan fingerprint density at radius 1 is 1.17 bits per heavy atom. The lowest BCUT2D eigenvalue weighted by Gasteiger charge is -2.17. The van der Waals surface area contributed by atoms with Gasteiger partial charge in [0.25, 0.3) is 0 Å². The Bertz CT molecular complexity index is 559. The average molecular weight is 374 g/mol. The van der Waals surface area contributed by atoms with Crippen LogP contribution in [0.25, 0.3) is 0 Å². The van der Waals surface area contributed by atoms with Gasteiger partial charge in [-0.25, -0.2) is 0 Å². The monoisotopic (exact) mass is 373 g/mol. The molecule has 0 aliphatic heterocycles. The lowest BCUT2D eigenvalue weighted by molar-refractivity contribution is 0.408. The average Bonchev–Trinajstić information content (AvgIpc) is 2.40. The van der Waals surface area contributed by atoms with Crippen LogP contribution in [-0.4, -0.2) is 7.11 Å². The van der Waals surface area contributed by atoms with Crippen molar-refractivity contribution < 1.29 is 4.74 Å². The van der Waals surface area contributed by atoms with Crippen LogP contribution in [0.4, 0.5) is 0 Å². The largest absolute Gasteiger partial charge is 0.496 e. The molecule has 0 aromatic heterocycles. The number of hydrogen-bond acceptors (Lipinski definition) is 2. The third-order valence-corrected chi connectivity index (χ3v) is 3.98. The number of para-hydroxylation sites is 1. The minimum atomic E-state index is -0.244. The molecule has 0 saturated carbocycles. The summed E-state index contributed by atoms with van der Waals surface area (Å²) < 4.78 is 6.44. The van der Waals surface area contributed by atoms with E-state index in [-0.39, 0.29) is 6.04 Å². The topological polar surface area (TPSA) is 35.2 Å². The summed E-state index contributed by atoms with van der Waals surface area (Å²) >= 11 is 8.30. The maximum absolute atomic E-state index is 6.32. The first-order valence-corrected chi connectivity index (χ1v) is 6.92. The minimum absolute atomic E-state index is 0.244. The molecule has 2 aromatic carbocycles. The maximum Gasteiger partial charge on any atom is 0.123 e. The summed E-state index contributed by atoms with van der Waals surface area (Å²) in [6, 6.07) is 13.3. The van der Waals surface area contributed by atoms with Crippen LogP contribution in [0.1, 0.15) is 17.2 Å². The summed E-state index contributed by atoms with van der Waals surface area (Å²) in [4.78, 5) is 0. The van der Waals surface area contributed by atoms with E-state index in [1.165, 1.54) is 0 Å². The summed E-state index contributed by atoms with van der Waals surface area (Å²) in [6.07, 6.45) is 0. The fourth-order valence-corrected chi connectivity index (χ4v) is 2.70. The zero-order chi connectivity index (χ0) is 13.1. The number of ether oxygens (including phenoxy) is 1. The smallest absolute Gasteiger partial charge is 0.123 e. The number of hydrogen-bond donors (Lipinski definition) is 1. The molecule has 0 bridgehead atoms. The standard InChI is InChI=1S/C14H13ClINO/c1-18-13-5-3-2-4-10(13)14(17)11-8-9(15)6-7-12(11)16/h2-8,14H,17H2,1H3. The van der Waals surface area contributed by atoms with Crippen molar-refractivity contribution in [3.63, 3.8) is 0 Å². The number of rotatable bonds is 3. The number of nitrogens with two attached hydrogens (primary N) is 1. The Kier molecular flexibility index (Phi) is 4.48. The van der Waals surface area contributed by atoms with E-state index in [1.54, 1.807) is 7.11 Å². The molecule has 0 saturated heterocycles. The van der Waals surface area contributed by atoms with Gasteiger partial charge in [0.2, 0.25) is 0 Å². The van der Waals surface area contributed by atoms with Crippen LogP contribution >= 0.6 is 34.2 Å². The molecule has 18 heavy (non-hydrogen) atoms. The third kappa shape index (κ3) is 2.79. The van der Waals surface area contributed by atoms with E-state index in [2.05, 4.69) is 22.6 Å². The van der Waals surface area contributed by atoms with E-state index < -0.39 is 0 Å². The second-order valence-electron chi connectivity index (χ2n) is 3.89. The Morgan fingerprint density at radius 2 is 1.89 bits per heavy atom. The zero-order valence-electron chi connectivity index (χ0n) is 9.86. The molecule has 2 N–H and O–H groups in total. The first-order chi connectivity index (χ1) is 8.63. The zero-order valence-corrected chi connectivity index (χ0v) is 12.8. The van der Waals surface area contributed by atoms with Gasteiger partial charge in [-0.15, -0.1) is 0 Å². The Hall–Kier alpha value is -0.780. The van der Waals surface area contributed by atoms with E-state index in [9.17, 15) is 0 Å². The van der Waals surface area contributed by atoms with Crippen LogP contribution in [0.3, 0.4) is 0 Å². The van der Waals surface area contributed by atoms with Gasteiger partial charge in [0.1, 0.15) is 5.75 Å². The van der Waals surface area contributed by atoms with Crippen LogP contribution in [-0.2, 0) is 0 Å².